The first-order valence-corrected chi connectivity index (χ1v) is 10.2. The molecule has 0 atom stereocenters. The molecular formula is C23H26IN7. The van der Waals surface area contributed by atoms with Crippen LogP contribution in [0, 0.1) is 11.3 Å². The van der Waals surface area contributed by atoms with Crippen LogP contribution in [0.5, 0.6) is 0 Å². The van der Waals surface area contributed by atoms with Gasteiger partial charge >= 0.3 is 0 Å². The van der Waals surface area contributed by atoms with Gasteiger partial charge in [0.2, 0.25) is 0 Å². The molecule has 7 nitrogen and oxygen atoms in total. The fraction of sp³-hybridized carbons (Fsp3) is 0.261. The van der Waals surface area contributed by atoms with Crippen LogP contribution < -0.4 is 16.8 Å². The molecule has 0 aliphatic heterocycles. The van der Waals surface area contributed by atoms with Gasteiger partial charge in [0.05, 0.1) is 11.4 Å². The number of anilines is 2. The van der Waals surface area contributed by atoms with Crippen molar-refractivity contribution < 1.29 is 0 Å². The number of rotatable bonds is 6. The van der Waals surface area contributed by atoms with E-state index in [0.717, 1.165) is 24.2 Å². The van der Waals surface area contributed by atoms with E-state index in [1.54, 1.807) is 4.68 Å². The molecule has 31 heavy (non-hydrogen) atoms. The van der Waals surface area contributed by atoms with E-state index in [9.17, 15) is 5.26 Å². The predicted octanol–water partition coefficient (Wildman–Crippen LogP) is 3.79. The summed E-state index contributed by atoms with van der Waals surface area (Å²) in [6, 6.07) is 18.1. The fourth-order valence-corrected chi connectivity index (χ4v) is 3.82. The average molecular weight is 527 g/mol. The third-order valence-electron chi connectivity index (χ3n) is 5.33. The van der Waals surface area contributed by atoms with Crippen LogP contribution >= 0.6 is 24.0 Å². The molecule has 1 aliphatic rings. The van der Waals surface area contributed by atoms with Crippen LogP contribution in [0.2, 0.25) is 0 Å². The van der Waals surface area contributed by atoms with Crippen molar-refractivity contribution >= 4 is 41.4 Å². The van der Waals surface area contributed by atoms with Crippen molar-refractivity contribution in [1.29, 1.82) is 5.26 Å². The van der Waals surface area contributed by atoms with Gasteiger partial charge in [-0.25, -0.2) is 4.68 Å². The monoisotopic (exact) mass is 527 g/mol. The van der Waals surface area contributed by atoms with E-state index in [2.05, 4.69) is 33.6 Å². The highest BCUT2D eigenvalue weighted by Gasteiger charge is 2.16. The Balaban J connectivity index is 0.00000272. The van der Waals surface area contributed by atoms with Crippen LogP contribution in [0.4, 0.5) is 11.5 Å². The molecule has 0 spiro atoms. The van der Waals surface area contributed by atoms with E-state index < -0.39 is 0 Å². The van der Waals surface area contributed by atoms with Gasteiger partial charge in [-0.1, -0.05) is 24.3 Å². The number of hydrogen-bond acceptors (Lipinski definition) is 4. The van der Waals surface area contributed by atoms with E-state index >= 15 is 0 Å². The predicted molar refractivity (Wildman–Crippen MR) is 135 cm³/mol. The highest BCUT2D eigenvalue weighted by molar-refractivity contribution is 14.0. The topological polar surface area (TPSA) is 118 Å². The highest BCUT2D eigenvalue weighted by atomic mass is 127. The lowest BCUT2D eigenvalue weighted by Crippen LogP contribution is -2.23. The number of benzene rings is 2. The molecule has 0 unspecified atom stereocenters. The van der Waals surface area contributed by atoms with Crippen molar-refractivity contribution in [2.75, 3.05) is 17.6 Å². The van der Waals surface area contributed by atoms with Crippen molar-refractivity contribution in [3.63, 3.8) is 0 Å². The molecule has 0 fully saturated rings. The van der Waals surface area contributed by atoms with E-state index in [1.807, 2.05) is 36.4 Å². The molecule has 0 radical (unpaired) electrons. The standard InChI is InChI=1S/C23H25N7.HI/c24-15-20-21(29-30(22(20)25)19-8-2-1-3-9-19)10-5-13-27-23(26)28-18-12-11-16-6-4-7-17(16)14-18;/h1-3,8-9,11-12,14H,4-7,10,13,25H2,(H3,26,27,28);1H. The third kappa shape index (κ3) is 5.17. The van der Waals surface area contributed by atoms with Crippen LogP contribution in [0.3, 0.4) is 0 Å². The van der Waals surface area contributed by atoms with Crippen LogP contribution in [0.25, 0.3) is 5.69 Å². The van der Waals surface area contributed by atoms with Gasteiger partial charge in [-0.05, 0) is 67.5 Å². The summed E-state index contributed by atoms with van der Waals surface area (Å²) in [6.07, 6.45) is 4.82. The number of nitrogens with two attached hydrogens (primary N) is 2. The number of aromatic nitrogens is 2. The number of nitrogens with zero attached hydrogens (tertiary/aromatic N) is 4. The molecule has 1 aliphatic carbocycles. The number of halogens is 1. The quantitative estimate of drug-likeness (QED) is 0.195. The summed E-state index contributed by atoms with van der Waals surface area (Å²) in [7, 11) is 0. The molecule has 160 valence electrons. The van der Waals surface area contributed by atoms with Gasteiger partial charge in [0.1, 0.15) is 17.5 Å². The Hall–Kier alpha value is -3.06. The lowest BCUT2D eigenvalue weighted by Gasteiger charge is -2.08. The first-order chi connectivity index (χ1) is 14.7. The van der Waals surface area contributed by atoms with E-state index in [-0.39, 0.29) is 24.0 Å². The van der Waals surface area contributed by atoms with Gasteiger partial charge in [0.25, 0.3) is 0 Å². The lowest BCUT2D eigenvalue weighted by atomic mass is 10.1. The number of aliphatic imine (C=N–C) groups is 1. The minimum atomic E-state index is 0. The van der Waals surface area contributed by atoms with E-state index in [4.69, 9.17) is 11.5 Å². The summed E-state index contributed by atoms with van der Waals surface area (Å²) >= 11 is 0. The summed E-state index contributed by atoms with van der Waals surface area (Å²) in [6.45, 7) is 0.534. The highest BCUT2D eigenvalue weighted by Crippen LogP contribution is 2.25. The molecule has 1 aromatic heterocycles. The van der Waals surface area contributed by atoms with E-state index in [0.29, 0.717) is 42.4 Å². The van der Waals surface area contributed by atoms with Crippen molar-refractivity contribution in [2.45, 2.75) is 32.1 Å². The van der Waals surface area contributed by atoms with Crippen LogP contribution in [-0.4, -0.2) is 22.3 Å². The summed E-state index contributed by atoms with van der Waals surface area (Å²) in [5, 5.41) is 17.2. The molecule has 3 aromatic rings. The minimum Gasteiger partial charge on any atom is -0.382 e. The number of para-hydroxylation sites is 1. The SMILES string of the molecule is I.N#Cc1c(CCCN=C(N)Nc2ccc3c(c2)CCC3)nn(-c2ccccc2)c1N. The van der Waals surface area contributed by atoms with Gasteiger partial charge in [-0.2, -0.15) is 10.4 Å². The number of guanidine groups is 1. The molecule has 0 saturated carbocycles. The smallest absolute Gasteiger partial charge is 0.193 e. The summed E-state index contributed by atoms with van der Waals surface area (Å²) in [4.78, 5) is 4.41. The zero-order valence-electron chi connectivity index (χ0n) is 17.2. The Morgan fingerprint density at radius 2 is 1.94 bits per heavy atom. The van der Waals surface area contributed by atoms with Gasteiger partial charge in [0.15, 0.2) is 5.96 Å². The fourth-order valence-electron chi connectivity index (χ4n) is 3.82. The minimum absolute atomic E-state index is 0. The van der Waals surface area contributed by atoms with Crippen LogP contribution in [0.15, 0.2) is 53.5 Å². The zero-order chi connectivity index (χ0) is 20.9. The number of nitriles is 1. The Morgan fingerprint density at radius 1 is 1.16 bits per heavy atom. The number of fused-ring (bicyclic) bond motifs is 1. The Bertz CT molecular complexity index is 1110. The number of aryl methyl sites for hydroxylation is 3. The maximum Gasteiger partial charge on any atom is 0.193 e. The van der Waals surface area contributed by atoms with Crippen molar-refractivity contribution in [1.82, 2.24) is 9.78 Å². The molecule has 4 rings (SSSR count). The molecule has 5 N–H and O–H groups in total. The number of nitrogen functional groups attached to an aromatic ring is 1. The largest absolute Gasteiger partial charge is 0.382 e. The molecule has 1 heterocycles. The second-order valence-electron chi connectivity index (χ2n) is 7.40. The van der Waals surface area contributed by atoms with Crippen molar-refractivity contribution in [2.24, 2.45) is 10.7 Å². The van der Waals surface area contributed by atoms with Crippen LogP contribution in [-0.2, 0) is 19.3 Å². The molecule has 8 heteroatoms. The van der Waals surface area contributed by atoms with Crippen molar-refractivity contribution in [3.8, 4) is 11.8 Å². The first kappa shape index (κ1) is 22.6. The lowest BCUT2D eigenvalue weighted by molar-refractivity contribution is 0.776. The molecule has 0 amide bonds. The second-order valence-corrected chi connectivity index (χ2v) is 7.40. The average Bonchev–Trinajstić information content (AvgIpc) is 3.35. The number of hydrogen-bond donors (Lipinski definition) is 3. The maximum absolute atomic E-state index is 9.49. The zero-order valence-corrected chi connectivity index (χ0v) is 19.5. The Morgan fingerprint density at radius 3 is 2.71 bits per heavy atom. The Kier molecular flexibility index (Phi) is 7.52. The normalized spacial score (nSPS) is 12.7. The molecule has 0 bridgehead atoms. The molecule has 2 aromatic carbocycles. The van der Waals surface area contributed by atoms with Gasteiger partial charge in [0, 0.05) is 12.2 Å². The van der Waals surface area contributed by atoms with Gasteiger partial charge < -0.3 is 16.8 Å². The third-order valence-corrected chi connectivity index (χ3v) is 5.33. The van der Waals surface area contributed by atoms with Crippen molar-refractivity contribution in [3.05, 3.63) is 70.9 Å². The number of nitrogens with one attached hydrogen (secondary N) is 1. The van der Waals surface area contributed by atoms with Gasteiger partial charge in [-0.3, -0.25) is 4.99 Å². The van der Waals surface area contributed by atoms with E-state index in [1.165, 1.54) is 17.5 Å². The summed E-state index contributed by atoms with van der Waals surface area (Å²) in [5.41, 5.74) is 17.9. The van der Waals surface area contributed by atoms with Crippen LogP contribution in [0.1, 0.15) is 35.2 Å². The Labute approximate surface area is 199 Å². The molecular weight excluding hydrogens is 501 g/mol. The molecule has 0 saturated heterocycles. The maximum atomic E-state index is 9.49. The summed E-state index contributed by atoms with van der Waals surface area (Å²) < 4.78 is 1.61. The second kappa shape index (κ2) is 10.3. The summed E-state index contributed by atoms with van der Waals surface area (Å²) in [5.74, 6) is 0.753. The first-order valence-electron chi connectivity index (χ1n) is 10.2. The van der Waals surface area contributed by atoms with Gasteiger partial charge in [-0.15, -0.1) is 24.0 Å².